The standard InChI is InChI=1S/C27H36N2O4/c1-5-6-16-29-25(30)15-14-23(26(29)22-12-7-8-13-24(22)32-4)27(31)28-21-11-9-10-20(17-21)18-33-19(2)3/h7-13,17,19,23,26H,5-6,14-16,18H2,1-4H3,(H,28,31). The predicted molar refractivity (Wildman–Crippen MR) is 130 cm³/mol. The number of piperidine rings is 1. The van der Waals surface area contributed by atoms with Gasteiger partial charge in [0.2, 0.25) is 11.8 Å². The summed E-state index contributed by atoms with van der Waals surface area (Å²) in [6.07, 6.45) is 2.88. The van der Waals surface area contributed by atoms with Crippen LogP contribution in [0.15, 0.2) is 48.5 Å². The van der Waals surface area contributed by atoms with Crippen LogP contribution in [0, 0.1) is 5.92 Å². The van der Waals surface area contributed by atoms with Crippen molar-refractivity contribution in [1.29, 1.82) is 0 Å². The molecule has 2 aromatic rings. The Kier molecular flexibility index (Phi) is 8.89. The number of anilines is 1. The van der Waals surface area contributed by atoms with E-state index < -0.39 is 0 Å². The first-order chi connectivity index (χ1) is 15.9. The van der Waals surface area contributed by atoms with Crippen LogP contribution in [0.2, 0.25) is 0 Å². The summed E-state index contributed by atoms with van der Waals surface area (Å²) in [5, 5.41) is 3.10. The second kappa shape index (κ2) is 11.8. The number of methoxy groups -OCH3 is 1. The molecule has 1 saturated heterocycles. The molecule has 1 heterocycles. The Bertz CT molecular complexity index is 943. The Hall–Kier alpha value is -2.86. The van der Waals surface area contributed by atoms with Crippen LogP contribution in [-0.4, -0.2) is 36.5 Å². The van der Waals surface area contributed by atoms with Gasteiger partial charge in [-0.1, -0.05) is 43.7 Å². The fourth-order valence-corrected chi connectivity index (χ4v) is 4.35. The van der Waals surface area contributed by atoms with E-state index in [2.05, 4.69) is 12.2 Å². The minimum absolute atomic E-state index is 0.0816. The zero-order valence-corrected chi connectivity index (χ0v) is 20.2. The third-order valence-electron chi connectivity index (χ3n) is 6.03. The molecule has 6 nitrogen and oxygen atoms in total. The molecule has 2 unspecified atom stereocenters. The lowest BCUT2D eigenvalue weighted by atomic mass is 9.83. The molecule has 2 aromatic carbocycles. The maximum absolute atomic E-state index is 13.5. The van der Waals surface area contributed by atoms with Crippen LogP contribution in [0.5, 0.6) is 5.75 Å². The van der Waals surface area contributed by atoms with Crippen LogP contribution in [0.25, 0.3) is 0 Å². The van der Waals surface area contributed by atoms with Crippen molar-refractivity contribution >= 4 is 17.5 Å². The monoisotopic (exact) mass is 452 g/mol. The summed E-state index contributed by atoms with van der Waals surface area (Å²) >= 11 is 0. The summed E-state index contributed by atoms with van der Waals surface area (Å²) in [6, 6.07) is 15.1. The van der Waals surface area contributed by atoms with Gasteiger partial charge in [0, 0.05) is 24.2 Å². The molecule has 6 heteroatoms. The highest BCUT2D eigenvalue weighted by molar-refractivity contribution is 5.95. The number of nitrogens with one attached hydrogen (secondary N) is 1. The van der Waals surface area contributed by atoms with Gasteiger partial charge in [-0.15, -0.1) is 0 Å². The van der Waals surface area contributed by atoms with Crippen molar-refractivity contribution in [3.8, 4) is 5.75 Å². The van der Waals surface area contributed by atoms with E-state index >= 15 is 0 Å². The first kappa shape index (κ1) is 24.8. The largest absolute Gasteiger partial charge is 0.496 e. The fraction of sp³-hybridized carbons (Fsp3) is 0.481. The van der Waals surface area contributed by atoms with Crippen LogP contribution >= 0.6 is 0 Å². The number of nitrogens with zero attached hydrogens (tertiary/aromatic N) is 1. The van der Waals surface area contributed by atoms with E-state index in [1.165, 1.54) is 0 Å². The van der Waals surface area contributed by atoms with Gasteiger partial charge in [-0.25, -0.2) is 0 Å². The van der Waals surface area contributed by atoms with E-state index in [0.29, 0.717) is 31.7 Å². The molecule has 3 rings (SSSR count). The minimum Gasteiger partial charge on any atom is -0.496 e. The molecule has 0 aromatic heterocycles. The Morgan fingerprint density at radius 2 is 1.97 bits per heavy atom. The fourth-order valence-electron chi connectivity index (χ4n) is 4.35. The lowest BCUT2D eigenvalue weighted by Crippen LogP contribution is -2.47. The first-order valence-electron chi connectivity index (χ1n) is 11.9. The number of ether oxygens (including phenoxy) is 2. The average molecular weight is 453 g/mol. The molecule has 0 aliphatic carbocycles. The molecule has 1 N–H and O–H groups in total. The molecule has 2 amide bonds. The van der Waals surface area contributed by atoms with Gasteiger partial charge < -0.3 is 19.7 Å². The predicted octanol–water partition coefficient (Wildman–Crippen LogP) is 5.34. The quantitative estimate of drug-likeness (QED) is 0.528. The highest BCUT2D eigenvalue weighted by atomic mass is 16.5. The number of rotatable bonds is 10. The van der Waals surface area contributed by atoms with Gasteiger partial charge in [0.1, 0.15) is 5.75 Å². The summed E-state index contributed by atoms with van der Waals surface area (Å²) < 4.78 is 11.3. The summed E-state index contributed by atoms with van der Waals surface area (Å²) in [4.78, 5) is 28.3. The van der Waals surface area contributed by atoms with Crippen molar-refractivity contribution in [2.75, 3.05) is 19.0 Å². The SMILES string of the molecule is CCCCN1C(=O)CCC(C(=O)Nc2cccc(COC(C)C)c2)C1c1ccccc1OC. The van der Waals surface area contributed by atoms with Crippen LogP contribution in [0.4, 0.5) is 5.69 Å². The van der Waals surface area contributed by atoms with Crippen molar-refractivity contribution in [2.24, 2.45) is 5.92 Å². The number of unbranched alkanes of at least 4 members (excludes halogenated alkanes) is 1. The van der Waals surface area contributed by atoms with Crippen LogP contribution < -0.4 is 10.1 Å². The Morgan fingerprint density at radius 1 is 1.18 bits per heavy atom. The number of para-hydroxylation sites is 1. The Balaban J connectivity index is 1.88. The van der Waals surface area contributed by atoms with Gasteiger partial charge >= 0.3 is 0 Å². The molecule has 0 radical (unpaired) electrons. The van der Waals surface area contributed by atoms with Gasteiger partial charge in [-0.2, -0.15) is 0 Å². The number of likely N-dealkylation sites (tertiary alicyclic amines) is 1. The summed E-state index contributed by atoms with van der Waals surface area (Å²) in [5.74, 6) is 0.342. The lowest BCUT2D eigenvalue weighted by Gasteiger charge is -2.41. The summed E-state index contributed by atoms with van der Waals surface area (Å²) in [6.45, 7) is 7.22. The number of carbonyl (C=O) groups is 2. The Labute approximate surface area is 197 Å². The first-order valence-corrected chi connectivity index (χ1v) is 11.9. The summed E-state index contributed by atoms with van der Waals surface area (Å²) in [5.41, 5.74) is 2.62. The Morgan fingerprint density at radius 3 is 2.70 bits per heavy atom. The molecule has 1 fully saturated rings. The maximum atomic E-state index is 13.5. The normalized spacial score (nSPS) is 18.5. The molecule has 1 aliphatic heterocycles. The number of benzene rings is 2. The van der Waals surface area contributed by atoms with Crippen molar-refractivity contribution in [2.45, 2.75) is 65.2 Å². The molecule has 1 aliphatic rings. The highest BCUT2D eigenvalue weighted by Crippen LogP contribution is 2.41. The topological polar surface area (TPSA) is 67.9 Å². The molecule has 178 valence electrons. The van der Waals surface area contributed by atoms with Crippen LogP contribution in [-0.2, 0) is 20.9 Å². The number of carbonyl (C=O) groups excluding carboxylic acids is 2. The maximum Gasteiger partial charge on any atom is 0.229 e. The average Bonchev–Trinajstić information content (AvgIpc) is 2.82. The van der Waals surface area contributed by atoms with E-state index in [0.717, 1.165) is 29.7 Å². The molecule has 0 bridgehead atoms. The van der Waals surface area contributed by atoms with Crippen molar-refractivity contribution in [3.05, 3.63) is 59.7 Å². The second-order valence-electron chi connectivity index (χ2n) is 8.82. The van der Waals surface area contributed by atoms with Gasteiger partial charge in [0.05, 0.1) is 31.8 Å². The lowest BCUT2D eigenvalue weighted by molar-refractivity contribution is -0.142. The number of hydrogen-bond donors (Lipinski definition) is 1. The highest BCUT2D eigenvalue weighted by Gasteiger charge is 2.41. The van der Waals surface area contributed by atoms with Gasteiger partial charge in [-0.05, 0) is 50.5 Å². The van der Waals surface area contributed by atoms with Crippen molar-refractivity contribution < 1.29 is 19.1 Å². The number of amides is 2. The van der Waals surface area contributed by atoms with Crippen LogP contribution in [0.3, 0.4) is 0 Å². The van der Waals surface area contributed by atoms with E-state index in [1.54, 1.807) is 7.11 Å². The second-order valence-corrected chi connectivity index (χ2v) is 8.82. The van der Waals surface area contributed by atoms with E-state index in [9.17, 15) is 9.59 Å². The van der Waals surface area contributed by atoms with E-state index in [-0.39, 0.29) is 29.9 Å². The molecule has 0 spiro atoms. The molecular weight excluding hydrogens is 416 g/mol. The molecule has 2 atom stereocenters. The molecular formula is C27H36N2O4. The van der Waals surface area contributed by atoms with Gasteiger partial charge in [-0.3, -0.25) is 9.59 Å². The zero-order valence-electron chi connectivity index (χ0n) is 20.2. The number of hydrogen-bond acceptors (Lipinski definition) is 4. The molecule has 33 heavy (non-hydrogen) atoms. The van der Waals surface area contributed by atoms with Gasteiger partial charge in [0.15, 0.2) is 0 Å². The van der Waals surface area contributed by atoms with E-state index in [4.69, 9.17) is 9.47 Å². The van der Waals surface area contributed by atoms with Crippen LogP contribution in [0.1, 0.15) is 63.6 Å². The van der Waals surface area contributed by atoms with E-state index in [1.807, 2.05) is 67.3 Å². The van der Waals surface area contributed by atoms with Crippen molar-refractivity contribution in [3.63, 3.8) is 0 Å². The zero-order chi connectivity index (χ0) is 23.8. The smallest absolute Gasteiger partial charge is 0.229 e. The third kappa shape index (κ3) is 6.35. The molecule has 0 saturated carbocycles. The summed E-state index contributed by atoms with van der Waals surface area (Å²) in [7, 11) is 1.62. The minimum atomic E-state index is -0.369. The third-order valence-corrected chi connectivity index (χ3v) is 6.03. The van der Waals surface area contributed by atoms with Gasteiger partial charge in [0.25, 0.3) is 0 Å². The van der Waals surface area contributed by atoms with Crippen molar-refractivity contribution in [1.82, 2.24) is 4.90 Å².